The fourth-order valence-electron chi connectivity index (χ4n) is 1.83. The molecule has 0 heterocycles. The standard InChI is InChI=1S/C14H24N2O/c1-10-8-13(17-5)11(14(2,3)4)9-12(10)16-7-6-15/h8-9,16H,6-7,15H2,1-5H3. The van der Waals surface area contributed by atoms with Crippen LogP contribution in [-0.4, -0.2) is 20.2 Å². The van der Waals surface area contributed by atoms with Crippen molar-refractivity contribution in [3.8, 4) is 5.75 Å². The highest BCUT2D eigenvalue weighted by Crippen LogP contribution is 2.35. The van der Waals surface area contributed by atoms with Crippen molar-refractivity contribution in [3.63, 3.8) is 0 Å². The number of anilines is 1. The SMILES string of the molecule is COc1cc(C)c(NCCN)cc1C(C)(C)C. The summed E-state index contributed by atoms with van der Waals surface area (Å²) in [6, 6.07) is 4.25. The first-order valence-corrected chi connectivity index (χ1v) is 6.03. The third kappa shape index (κ3) is 3.37. The maximum atomic E-state index is 5.52. The molecule has 0 aromatic heterocycles. The van der Waals surface area contributed by atoms with Gasteiger partial charge in [-0.2, -0.15) is 0 Å². The minimum atomic E-state index is 0.0676. The molecule has 3 nitrogen and oxygen atoms in total. The zero-order chi connectivity index (χ0) is 13.1. The molecule has 0 saturated carbocycles. The predicted molar refractivity (Wildman–Crippen MR) is 74.0 cm³/mol. The molecule has 0 aliphatic rings. The van der Waals surface area contributed by atoms with E-state index in [1.807, 2.05) is 0 Å². The van der Waals surface area contributed by atoms with Crippen molar-refractivity contribution in [2.45, 2.75) is 33.1 Å². The van der Waals surface area contributed by atoms with Gasteiger partial charge in [0.25, 0.3) is 0 Å². The van der Waals surface area contributed by atoms with Gasteiger partial charge in [-0.1, -0.05) is 20.8 Å². The Morgan fingerprint density at radius 2 is 1.94 bits per heavy atom. The Bertz CT molecular complexity index is 381. The van der Waals surface area contributed by atoms with Crippen LogP contribution in [0.4, 0.5) is 5.69 Å². The molecule has 1 aromatic carbocycles. The number of ether oxygens (including phenoxy) is 1. The quantitative estimate of drug-likeness (QED) is 0.845. The molecule has 0 aliphatic carbocycles. The fourth-order valence-corrected chi connectivity index (χ4v) is 1.83. The van der Waals surface area contributed by atoms with E-state index < -0.39 is 0 Å². The van der Waals surface area contributed by atoms with Gasteiger partial charge in [0, 0.05) is 24.3 Å². The molecule has 0 unspecified atom stereocenters. The summed E-state index contributed by atoms with van der Waals surface area (Å²) in [5.41, 5.74) is 9.12. The molecular formula is C14H24N2O. The summed E-state index contributed by atoms with van der Waals surface area (Å²) in [5, 5.41) is 3.35. The summed E-state index contributed by atoms with van der Waals surface area (Å²) in [5.74, 6) is 0.952. The number of methoxy groups -OCH3 is 1. The normalized spacial score (nSPS) is 11.4. The van der Waals surface area contributed by atoms with E-state index in [0.29, 0.717) is 6.54 Å². The maximum absolute atomic E-state index is 5.52. The van der Waals surface area contributed by atoms with Crippen LogP contribution < -0.4 is 15.8 Å². The van der Waals surface area contributed by atoms with E-state index in [2.05, 4.69) is 45.1 Å². The molecule has 1 rings (SSSR count). The highest BCUT2D eigenvalue weighted by atomic mass is 16.5. The van der Waals surface area contributed by atoms with E-state index in [0.717, 1.165) is 18.0 Å². The lowest BCUT2D eigenvalue weighted by Crippen LogP contribution is -2.16. The van der Waals surface area contributed by atoms with Gasteiger partial charge in [-0.3, -0.25) is 0 Å². The fraction of sp³-hybridized carbons (Fsp3) is 0.571. The molecule has 0 spiro atoms. The van der Waals surface area contributed by atoms with Crippen LogP contribution in [-0.2, 0) is 5.41 Å². The van der Waals surface area contributed by atoms with Crippen molar-refractivity contribution in [1.82, 2.24) is 0 Å². The van der Waals surface area contributed by atoms with Crippen LogP contribution in [0.3, 0.4) is 0 Å². The lowest BCUT2D eigenvalue weighted by Gasteiger charge is -2.24. The molecule has 17 heavy (non-hydrogen) atoms. The van der Waals surface area contributed by atoms with Crippen LogP contribution in [0.2, 0.25) is 0 Å². The van der Waals surface area contributed by atoms with E-state index in [1.54, 1.807) is 7.11 Å². The lowest BCUT2D eigenvalue weighted by molar-refractivity contribution is 0.397. The largest absolute Gasteiger partial charge is 0.496 e. The Balaban J connectivity index is 3.18. The lowest BCUT2D eigenvalue weighted by atomic mass is 9.85. The second kappa shape index (κ2) is 5.41. The highest BCUT2D eigenvalue weighted by Gasteiger charge is 2.20. The van der Waals surface area contributed by atoms with Crippen LogP contribution in [0.5, 0.6) is 5.75 Å². The Morgan fingerprint density at radius 3 is 2.41 bits per heavy atom. The molecule has 0 saturated heterocycles. The third-order valence-electron chi connectivity index (χ3n) is 2.81. The highest BCUT2D eigenvalue weighted by molar-refractivity contribution is 5.58. The van der Waals surface area contributed by atoms with Crippen molar-refractivity contribution in [2.24, 2.45) is 5.73 Å². The van der Waals surface area contributed by atoms with E-state index in [1.165, 1.54) is 11.1 Å². The van der Waals surface area contributed by atoms with E-state index in [-0.39, 0.29) is 5.41 Å². The molecule has 0 atom stereocenters. The topological polar surface area (TPSA) is 47.3 Å². The van der Waals surface area contributed by atoms with Crippen molar-refractivity contribution < 1.29 is 4.74 Å². The number of benzene rings is 1. The third-order valence-corrected chi connectivity index (χ3v) is 2.81. The van der Waals surface area contributed by atoms with Gasteiger partial charge in [0.15, 0.2) is 0 Å². The molecule has 96 valence electrons. The summed E-state index contributed by atoms with van der Waals surface area (Å²) in [6.45, 7) is 10.1. The van der Waals surface area contributed by atoms with Crippen molar-refractivity contribution in [1.29, 1.82) is 0 Å². The summed E-state index contributed by atoms with van der Waals surface area (Å²) in [6.07, 6.45) is 0. The van der Waals surface area contributed by atoms with Gasteiger partial charge in [0.1, 0.15) is 5.75 Å². The van der Waals surface area contributed by atoms with Gasteiger partial charge < -0.3 is 15.8 Å². The first-order chi connectivity index (χ1) is 7.90. The van der Waals surface area contributed by atoms with Gasteiger partial charge in [0.05, 0.1) is 7.11 Å². The van der Waals surface area contributed by atoms with E-state index >= 15 is 0 Å². The average molecular weight is 236 g/mol. The van der Waals surface area contributed by atoms with Gasteiger partial charge in [-0.15, -0.1) is 0 Å². The van der Waals surface area contributed by atoms with E-state index in [4.69, 9.17) is 10.5 Å². The minimum Gasteiger partial charge on any atom is -0.496 e. The Morgan fingerprint density at radius 1 is 1.29 bits per heavy atom. The molecule has 0 aliphatic heterocycles. The summed E-state index contributed by atoms with van der Waals surface area (Å²) < 4.78 is 5.46. The summed E-state index contributed by atoms with van der Waals surface area (Å²) in [7, 11) is 1.72. The molecule has 0 fully saturated rings. The minimum absolute atomic E-state index is 0.0676. The Hall–Kier alpha value is -1.22. The Kier molecular flexibility index (Phi) is 4.40. The average Bonchev–Trinajstić information content (AvgIpc) is 2.25. The van der Waals surface area contributed by atoms with Crippen molar-refractivity contribution >= 4 is 5.69 Å². The second-order valence-electron chi connectivity index (χ2n) is 5.33. The van der Waals surface area contributed by atoms with Crippen LogP contribution >= 0.6 is 0 Å². The first-order valence-electron chi connectivity index (χ1n) is 6.03. The van der Waals surface area contributed by atoms with Crippen molar-refractivity contribution in [3.05, 3.63) is 23.3 Å². The summed E-state index contributed by atoms with van der Waals surface area (Å²) >= 11 is 0. The molecule has 0 bridgehead atoms. The number of nitrogens with one attached hydrogen (secondary N) is 1. The first kappa shape index (κ1) is 13.8. The molecule has 1 aromatic rings. The van der Waals surface area contributed by atoms with Crippen molar-refractivity contribution in [2.75, 3.05) is 25.5 Å². The van der Waals surface area contributed by atoms with Crippen LogP contribution in [0, 0.1) is 6.92 Å². The van der Waals surface area contributed by atoms with Gasteiger partial charge in [-0.05, 0) is 30.0 Å². The molecular weight excluding hydrogens is 212 g/mol. The number of hydrogen-bond acceptors (Lipinski definition) is 3. The maximum Gasteiger partial charge on any atom is 0.122 e. The molecule has 3 N–H and O–H groups in total. The number of nitrogens with two attached hydrogens (primary N) is 1. The van der Waals surface area contributed by atoms with Crippen LogP contribution in [0.1, 0.15) is 31.9 Å². The molecule has 3 heteroatoms. The zero-order valence-electron chi connectivity index (χ0n) is 11.6. The predicted octanol–water partition coefficient (Wildman–Crippen LogP) is 2.67. The van der Waals surface area contributed by atoms with Gasteiger partial charge in [-0.25, -0.2) is 0 Å². The van der Waals surface area contributed by atoms with Crippen LogP contribution in [0.15, 0.2) is 12.1 Å². The molecule has 0 radical (unpaired) electrons. The van der Waals surface area contributed by atoms with Gasteiger partial charge >= 0.3 is 0 Å². The van der Waals surface area contributed by atoms with Crippen LogP contribution in [0.25, 0.3) is 0 Å². The number of aryl methyl sites for hydroxylation is 1. The summed E-state index contributed by atoms with van der Waals surface area (Å²) in [4.78, 5) is 0. The van der Waals surface area contributed by atoms with Gasteiger partial charge in [0.2, 0.25) is 0 Å². The zero-order valence-corrected chi connectivity index (χ0v) is 11.6. The second-order valence-corrected chi connectivity index (χ2v) is 5.33. The van der Waals surface area contributed by atoms with E-state index in [9.17, 15) is 0 Å². The molecule has 0 amide bonds. The smallest absolute Gasteiger partial charge is 0.122 e. The number of rotatable bonds is 4. The Labute approximate surface area is 104 Å². The monoisotopic (exact) mass is 236 g/mol. The number of hydrogen-bond donors (Lipinski definition) is 2.